The summed E-state index contributed by atoms with van der Waals surface area (Å²) >= 11 is 0. The molecule has 7 nitrogen and oxygen atoms in total. The molecule has 0 fully saturated rings. The Hall–Kier alpha value is -1.63. The molecule has 0 saturated heterocycles. The third-order valence-electron chi connectivity index (χ3n) is 12.2. The number of carboxylic acids is 1. The lowest BCUT2D eigenvalue weighted by molar-refractivity contribution is -0.150. The molecule has 1 N–H and O–H groups in total. The molecule has 0 aliphatic heterocycles. The highest BCUT2D eigenvalue weighted by atomic mass is 16.5. The van der Waals surface area contributed by atoms with E-state index in [9.17, 15) is 19.5 Å². The summed E-state index contributed by atoms with van der Waals surface area (Å²) < 4.78 is 11.6. The van der Waals surface area contributed by atoms with E-state index in [0.29, 0.717) is 19.8 Å². The van der Waals surface area contributed by atoms with E-state index >= 15 is 0 Å². The first kappa shape index (κ1) is 56.4. The zero-order valence-corrected chi connectivity index (χ0v) is 39.3. The van der Waals surface area contributed by atoms with Crippen molar-refractivity contribution in [1.82, 2.24) is 4.90 Å². The summed E-state index contributed by atoms with van der Waals surface area (Å²) in [6.45, 7) is 12.6. The average Bonchev–Trinajstić information content (AvgIpc) is 3.21. The van der Waals surface area contributed by atoms with E-state index in [0.717, 1.165) is 129 Å². The number of hydrogen-bond donors (Lipinski definition) is 1. The van der Waals surface area contributed by atoms with Crippen LogP contribution in [0.1, 0.15) is 265 Å². The number of carboxylic acid groups (broad SMARTS) is 1. The Bertz CT molecular complexity index is 834. The second-order valence-electron chi connectivity index (χ2n) is 17.8. The summed E-state index contributed by atoms with van der Waals surface area (Å²) in [4.78, 5) is 39.5. The van der Waals surface area contributed by atoms with Gasteiger partial charge < -0.3 is 19.5 Å². The fraction of sp³-hybridized carbons (Fsp3) is 0.941. The van der Waals surface area contributed by atoms with Gasteiger partial charge in [-0.3, -0.25) is 14.4 Å². The topological polar surface area (TPSA) is 93.1 Å². The largest absolute Gasteiger partial charge is 0.481 e. The molecular formula is C51H99NO6. The van der Waals surface area contributed by atoms with Crippen molar-refractivity contribution in [2.45, 2.75) is 265 Å². The van der Waals surface area contributed by atoms with Gasteiger partial charge in [-0.25, -0.2) is 0 Å². The fourth-order valence-corrected chi connectivity index (χ4v) is 8.20. The van der Waals surface area contributed by atoms with E-state index in [1.165, 1.54) is 116 Å². The normalized spacial score (nSPS) is 12.6. The van der Waals surface area contributed by atoms with Crippen molar-refractivity contribution >= 4 is 17.9 Å². The molecule has 0 rings (SSSR count). The predicted molar refractivity (Wildman–Crippen MR) is 246 cm³/mol. The summed E-state index contributed by atoms with van der Waals surface area (Å²) in [6, 6.07) is 0. The Balaban J connectivity index is 4.21. The van der Waals surface area contributed by atoms with Crippen LogP contribution in [0.5, 0.6) is 0 Å². The molecule has 0 aromatic rings. The SMILES string of the molecule is CCCCCCCCC(CCCCCC)C(=O)OCCCCCCCCN(CCCCCCCCOC(=O)C(CCCCCC)CCCCCCCC)CCC(=O)O. The first-order valence-electron chi connectivity index (χ1n) is 25.7. The van der Waals surface area contributed by atoms with Crippen LogP contribution in [-0.4, -0.2) is 60.8 Å². The van der Waals surface area contributed by atoms with E-state index in [1.54, 1.807) is 0 Å². The lowest BCUT2D eigenvalue weighted by Crippen LogP contribution is -2.28. The fourth-order valence-electron chi connectivity index (χ4n) is 8.20. The van der Waals surface area contributed by atoms with Crippen LogP contribution in [0.25, 0.3) is 0 Å². The highest BCUT2D eigenvalue weighted by Crippen LogP contribution is 2.22. The van der Waals surface area contributed by atoms with E-state index < -0.39 is 5.97 Å². The number of ether oxygens (including phenoxy) is 2. The monoisotopic (exact) mass is 822 g/mol. The maximum absolute atomic E-state index is 12.9. The molecule has 0 aliphatic carbocycles. The van der Waals surface area contributed by atoms with Gasteiger partial charge in [0.25, 0.3) is 0 Å². The first-order valence-corrected chi connectivity index (χ1v) is 25.7. The number of aliphatic carboxylic acids is 1. The third-order valence-corrected chi connectivity index (χ3v) is 12.2. The second-order valence-corrected chi connectivity index (χ2v) is 17.8. The minimum absolute atomic E-state index is 0.0414. The molecule has 58 heavy (non-hydrogen) atoms. The number of hydrogen-bond acceptors (Lipinski definition) is 6. The molecule has 2 atom stereocenters. The third kappa shape index (κ3) is 38.6. The zero-order valence-electron chi connectivity index (χ0n) is 39.3. The van der Waals surface area contributed by atoms with Crippen LogP contribution in [0.2, 0.25) is 0 Å². The summed E-state index contributed by atoms with van der Waals surface area (Å²) in [5, 5.41) is 9.29. The Kier molecular flexibility index (Phi) is 43.6. The quantitative estimate of drug-likeness (QED) is 0.0483. The van der Waals surface area contributed by atoms with Gasteiger partial charge in [-0.05, 0) is 64.5 Å². The van der Waals surface area contributed by atoms with Crippen molar-refractivity contribution in [3.05, 3.63) is 0 Å². The van der Waals surface area contributed by atoms with E-state index in [2.05, 4.69) is 32.6 Å². The Morgan fingerprint density at radius 2 is 0.655 bits per heavy atom. The molecular weight excluding hydrogens is 723 g/mol. The van der Waals surface area contributed by atoms with E-state index in [1.807, 2.05) is 0 Å². The van der Waals surface area contributed by atoms with Crippen molar-refractivity contribution in [2.75, 3.05) is 32.8 Å². The van der Waals surface area contributed by atoms with Gasteiger partial charge in [0.05, 0.1) is 31.5 Å². The number of carbonyl (C=O) groups is 3. The number of unbranched alkanes of at least 4 members (excludes halogenated alkanes) is 26. The van der Waals surface area contributed by atoms with Crippen molar-refractivity contribution in [3.8, 4) is 0 Å². The molecule has 0 radical (unpaired) electrons. The molecule has 0 aromatic carbocycles. The Labute approximate surface area is 360 Å². The molecule has 7 heteroatoms. The number of rotatable bonds is 47. The molecule has 0 amide bonds. The highest BCUT2D eigenvalue weighted by Gasteiger charge is 2.20. The van der Waals surface area contributed by atoms with Gasteiger partial charge in [-0.15, -0.1) is 0 Å². The van der Waals surface area contributed by atoms with Crippen LogP contribution in [0.3, 0.4) is 0 Å². The smallest absolute Gasteiger partial charge is 0.308 e. The summed E-state index contributed by atoms with van der Waals surface area (Å²) in [5.41, 5.74) is 0. The van der Waals surface area contributed by atoms with Crippen molar-refractivity contribution < 1.29 is 29.0 Å². The molecule has 0 aromatic heterocycles. The average molecular weight is 822 g/mol. The van der Waals surface area contributed by atoms with Crippen molar-refractivity contribution in [1.29, 1.82) is 0 Å². The van der Waals surface area contributed by atoms with Crippen LogP contribution in [0.15, 0.2) is 0 Å². The van der Waals surface area contributed by atoms with Gasteiger partial charge in [-0.2, -0.15) is 0 Å². The van der Waals surface area contributed by atoms with Crippen LogP contribution in [-0.2, 0) is 23.9 Å². The molecule has 344 valence electrons. The van der Waals surface area contributed by atoms with E-state index in [4.69, 9.17) is 9.47 Å². The van der Waals surface area contributed by atoms with Gasteiger partial charge >= 0.3 is 17.9 Å². The zero-order chi connectivity index (χ0) is 42.6. The molecule has 0 saturated carbocycles. The standard InChI is InChI=1S/C51H99NO6/c1-5-9-13-17-23-31-39-47(37-29-15-11-7-3)50(55)57-45-35-27-21-19-25-33-42-52(44-41-49(53)54)43-34-26-20-22-28-36-46-58-51(56)48(38-30-16-12-8-4)40-32-24-18-14-10-6-2/h47-48H,5-46H2,1-4H3,(H,53,54). The molecule has 2 unspecified atom stereocenters. The maximum atomic E-state index is 12.9. The predicted octanol–water partition coefficient (Wildman–Crippen LogP) is 15.2. The van der Waals surface area contributed by atoms with Crippen LogP contribution < -0.4 is 0 Å². The lowest BCUT2D eigenvalue weighted by Gasteiger charge is -2.21. The minimum atomic E-state index is -0.721. The van der Waals surface area contributed by atoms with E-state index in [-0.39, 0.29) is 30.2 Å². The van der Waals surface area contributed by atoms with Crippen LogP contribution >= 0.6 is 0 Å². The van der Waals surface area contributed by atoms with Gasteiger partial charge in [0.2, 0.25) is 0 Å². The van der Waals surface area contributed by atoms with Gasteiger partial charge in [0.15, 0.2) is 0 Å². The van der Waals surface area contributed by atoms with Crippen molar-refractivity contribution in [3.63, 3.8) is 0 Å². The molecule has 0 heterocycles. The Morgan fingerprint density at radius 3 is 0.983 bits per heavy atom. The van der Waals surface area contributed by atoms with Crippen LogP contribution in [0.4, 0.5) is 0 Å². The first-order chi connectivity index (χ1) is 28.4. The summed E-state index contributed by atoms with van der Waals surface area (Å²) in [6.07, 6.45) is 42.2. The van der Waals surface area contributed by atoms with Crippen LogP contribution in [0, 0.1) is 11.8 Å². The lowest BCUT2D eigenvalue weighted by atomic mass is 9.94. The second kappa shape index (κ2) is 44.9. The highest BCUT2D eigenvalue weighted by molar-refractivity contribution is 5.72. The number of nitrogens with zero attached hydrogens (tertiary/aromatic N) is 1. The number of esters is 2. The van der Waals surface area contributed by atoms with Gasteiger partial charge in [-0.1, -0.05) is 207 Å². The molecule has 0 spiro atoms. The molecule has 0 bridgehead atoms. The summed E-state index contributed by atoms with van der Waals surface area (Å²) in [7, 11) is 0. The maximum Gasteiger partial charge on any atom is 0.308 e. The Morgan fingerprint density at radius 1 is 0.379 bits per heavy atom. The van der Waals surface area contributed by atoms with Crippen molar-refractivity contribution in [2.24, 2.45) is 11.8 Å². The molecule has 0 aliphatic rings. The van der Waals surface area contributed by atoms with Gasteiger partial charge in [0.1, 0.15) is 0 Å². The number of carbonyl (C=O) groups excluding carboxylic acids is 2. The summed E-state index contributed by atoms with van der Waals surface area (Å²) in [5.74, 6) is -0.476. The van der Waals surface area contributed by atoms with Gasteiger partial charge in [0, 0.05) is 6.54 Å². The minimum Gasteiger partial charge on any atom is -0.481 e.